The molecule has 164 valence electrons. The molecule has 9 nitrogen and oxygen atoms in total. The Morgan fingerprint density at radius 3 is 2.47 bits per heavy atom. The summed E-state index contributed by atoms with van der Waals surface area (Å²) in [6.07, 6.45) is 3.75. The van der Waals surface area contributed by atoms with Crippen molar-refractivity contribution in [3.8, 4) is 0 Å². The molecular weight excluding hydrogens is 424 g/mol. The highest BCUT2D eigenvalue weighted by Gasteiger charge is 2.29. The van der Waals surface area contributed by atoms with Crippen LogP contribution in [-0.4, -0.2) is 53.3 Å². The number of benzene rings is 1. The van der Waals surface area contributed by atoms with Crippen LogP contribution in [0.2, 0.25) is 0 Å². The van der Waals surface area contributed by atoms with E-state index in [1.165, 1.54) is 0 Å². The first kappa shape index (κ1) is 25.7. The number of hydrogen-bond acceptors (Lipinski definition) is 5. The van der Waals surface area contributed by atoms with Crippen molar-refractivity contribution >= 4 is 52.7 Å². The second-order valence-electron chi connectivity index (χ2n) is 7.03. The molecule has 11 heteroatoms. The van der Waals surface area contributed by atoms with Crippen LogP contribution in [0.5, 0.6) is 0 Å². The zero-order valence-electron chi connectivity index (χ0n) is 17.4. The first-order chi connectivity index (χ1) is 14.1. The van der Waals surface area contributed by atoms with E-state index in [4.69, 9.17) is 10.8 Å². The summed E-state index contributed by atoms with van der Waals surface area (Å²) < 4.78 is 0. The number of carboxylic acids is 1. The number of Topliss-reactive ketones (excluding diaryl/α,β-unsaturated/α-hetero) is 1. The fourth-order valence-corrected chi connectivity index (χ4v) is 3.27. The van der Waals surface area contributed by atoms with Crippen LogP contribution in [-0.2, 0) is 20.8 Å². The molecule has 0 radical (unpaired) electrons. The standard InChI is InChI=1S/C19H29N5O4P2/c1-19(2,22-16(26)10-9-14(17(27)28)23-29-3)15(25)11-12-5-7-13(8-6-12)21-18(20)24-30-4/h5-8,14,23,30H,3,9-11H2,1-2,4H3,(H,22,26)(H,27,28)(H3,20,21,24). The molecule has 1 aromatic rings. The van der Waals surface area contributed by atoms with E-state index >= 15 is 0 Å². The number of carboxylic acid groups (broad SMARTS) is 1. The van der Waals surface area contributed by atoms with Gasteiger partial charge in [0.25, 0.3) is 0 Å². The lowest BCUT2D eigenvalue weighted by Gasteiger charge is -2.25. The van der Waals surface area contributed by atoms with Crippen LogP contribution in [0.1, 0.15) is 32.3 Å². The van der Waals surface area contributed by atoms with Crippen molar-refractivity contribution in [1.82, 2.24) is 15.5 Å². The molecule has 6 N–H and O–H groups in total. The van der Waals surface area contributed by atoms with Crippen molar-refractivity contribution in [2.45, 2.75) is 44.7 Å². The Morgan fingerprint density at radius 1 is 1.30 bits per heavy atom. The normalized spacial score (nSPS) is 13.4. The average Bonchev–Trinajstić information content (AvgIpc) is 2.66. The van der Waals surface area contributed by atoms with Gasteiger partial charge in [0.15, 0.2) is 11.7 Å². The number of hydrogen-bond donors (Lipinski definition) is 5. The predicted molar refractivity (Wildman–Crippen MR) is 124 cm³/mol. The summed E-state index contributed by atoms with van der Waals surface area (Å²) in [6, 6.07) is 6.25. The topological polar surface area (TPSA) is 146 Å². The number of aliphatic carboxylic acids is 1. The molecule has 0 aliphatic carbocycles. The van der Waals surface area contributed by atoms with Gasteiger partial charge in [-0.15, -0.1) is 0 Å². The van der Waals surface area contributed by atoms with Crippen molar-refractivity contribution in [3.05, 3.63) is 29.8 Å². The zero-order valence-corrected chi connectivity index (χ0v) is 19.3. The van der Waals surface area contributed by atoms with Gasteiger partial charge in [0, 0.05) is 12.8 Å². The highest BCUT2D eigenvalue weighted by Crippen LogP contribution is 2.16. The molecule has 1 aromatic carbocycles. The lowest BCUT2D eigenvalue weighted by molar-refractivity contribution is -0.139. The van der Waals surface area contributed by atoms with E-state index in [1.54, 1.807) is 38.1 Å². The fourth-order valence-electron chi connectivity index (χ4n) is 2.50. The summed E-state index contributed by atoms with van der Waals surface area (Å²) in [5.74, 6) is -1.26. The number of rotatable bonds is 12. The van der Waals surface area contributed by atoms with Gasteiger partial charge >= 0.3 is 5.97 Å². The van der Waals surface area contributed by atoms with Gasteiger partial charge in [0.1, 0.15) is 6.04 Å². The summed E-state index contributed by atoms with van der Waals surface area (Å²) in [5.41, 5.74) is 6.10. The summed E-state index contributed by atoms with van der Waals surface area (Å²) in [7, 11) is 0.924. The maximum atomic E-state index is 12.7. The largest absolute Gasteiger partial charge is 0.480 e. The molecule has 0 aromatic heterocycles. The van der Waals surface area contributed by atoms with Gasteiger partial charge in [-0.1, -0.05) is 18.4 Å². The smallest absolute Gasteiger partial charge is 0.321 e. The highest BCUT2D eigenvalue weighted by molar-refractivity contribution is 7.35. The van der Waals surface area contributed by atoms with Crippen LogP contribution < -0.4 is 21.2 Å². The molecule has 30 heavy (non-hydrogen) atoms. The van der Waals surface area contributed by atoms with Crippen LogP contribution in [0.25, 0.3) is 0 Å². The molecule has 2 unspecified atom stereocenters. The Balaban J connectivity index is 2.64. The molecule has 0 heterocycles. The van der Waals surface area contributed by atoms with Crippen molar-refractivity contribution in [2.75, 3.05) is 6.66 Å². The number of guanidine groups is 1. The lowest BCUT2D eigenvalue weighted by atomic mass is 9.93. The maximum Gasteiger partial charge on any atom is 0.321 e. The van der Waals surface area contributed by atoms with Crippen LogP contribution in [0.4, 0.5) is 5.69 Å². The predicted octanol–water partition coefficient (Wildman–Crippen LogP) is 1.57. The number of amides is 1. The number of carbonyl (C=O) groups excluding carboxylic acids is 2. The third-order valence-electron chi connectivity index (χ3n) is 4.16. The highest BCUT2D eigenvalue weighted by atomic mass is 31.1. The summed E-state index contributed by atoms with van der Waals surface area (Å²) in [6.45, 7) is 5.21. The Labute approximate surface area is 180 Å². The summed E-state index contributed by atoms with van der Waals surface area (Å²) in [5, 5.41) is 17.4. The molecule has 1 rings (SSSR count). The van der Waals surface area contributed by atoms with E-state index in [0.29, 0.717) is 28.7 Å². The number of nitrogens with zero attached hydrogens (tertiary/aromatic N) is 1. The molecule has 1 amide bonds. The van der Waals surface area contributed by atoms with Crippen LogP contribution in [0.15, 0.2) is 29.3 Å². The number of ketones is 1. The number of nitrogens with two attached hydrogens (primary N) is 1. The van der Waals surface area contributed by atoms with Gasteiger partial charge < -0.3 is 21.2 Å². The SMILES string of the molecule is C=PNC(CCC(=O)NC(C)(C)C(=O)Cc1ccc(N=C(N)NPC)cc1)C(=O)O. The molecule has 0 saturated carbocycles. The monoisotopic (exact) mass is 453 g/mol. The van der Waals surface area contributed by atoms with Crippen LogP contribution in [0, 0.1) is 0 Å². The Bertz CT molecular complexity index is 797. The third-order valence-corrected chi connectivity index (χ3v) is 5.16. The number of carbonyl (C=O) groups is 3. The van der Waals surface area contributed by atoms with E-state index in [9.17, 15) is 14.4 Å². The van der Waals surface area contributed by atoms with Crippen molar-refractivity contribution in [3.63, 3.8) is 0 Å². The minimum absolute atomic E-state index is 0.0172. The van der Waals surface area contributed by atoms with Crippen LogP contribution in [0.3, 0.4) is 0 Å². The third kappa shape index (κ3) is 8.99. The zero-order chi connectivity index (χ0) is 22.7. The Hall–Kier alpha value is -2.34. The minimum Gasteiger partial charge on any atom is -0.480 e. The summed E-state index contributed by atoms with van der Waals surface area (Å²) in [4.78, 5) is 40.2. The minimum atomic E-state index is -1.08. The number of aliphatic imine (C=N–C) groups is 1. The molecule has 0 bridgehead atoms. The van der Waals surface area contributed by atoms with Crippen molar-refractivity contribution < 1.29 is 19.5 Å². The lowest BCUT2D eigenvalue weighted by Crippen LogP contribution is -2.50. The quantitative estimate of drug-likeness (QED) is 0.183. The van der Waals surface area contributed by atoms with Gasteiger partial charge in [0.2, 0.25) is 5.91 Å². The van der Waals surface area contributed by atoms with E-state index in [2.05, 4.69) is 26.8 Å². The van der Waals surface area contributed by atoms with E-state index in [1.807, 2.05) is 6.66 Å². The van der Waals surface area contributed by atoms with Crippen molar-refractivity contribution in [2.24, 2.45) is 10.7 Å². The second-order valence-corrected chi connectivity index (χ2v) is 8.35. The van der Waals surface area contributed by atoms with Gasteiger partial charge in [-0.05, 0) is 61.7 Å². The molecule has 0 aliphatic heterocycles. The molecular formula is C19H29N5O4P2. The first-order valence-corrected chi connectivity index (χ1v) is 11.8. The van der Waals surface area contributed by atoms with Gasteiger partial charge in [-0.2, -0.15) is 0 Å². The molecule has 0 saturated heterocycles. The van der Waals surface area contributed by atoms with Crippen molar-refractivity contribution in [1.29, 1.82) is 0 Å². The summed E-state index contributed by atoms with van der Waals surface area (Å²) >= 11 is 0. The van der Waals surface area contributed by atoms with E-state index < -0.39 is 17.6 Å². The Morgan fingerprint density at radius 2 is 1.93 bits per heavy atom. The van der Waals surface area contributed by atoms with Gasteiger partial charge in [-0.3, -0.25) is 19.5 Å². The Kier molecular flexibility index (Phi) is 10.6. The van der Waals surface area contributed by atoms with E-state index in [-0.39, 0.29) is 31.0 Å². The van der Waals surface area contributed by atoms with Crippen LogP contribution >= 0.6 is 17.1 Å². The average molecular weight is 453 g/mol. The number of nitrogens with one attached hydrogen (secondary N) is 3. The molecule has 2 atom stereocenters. The maximum absolute atomic E-state index is 12.7. The molecule has 0 fully saturated rings. The molecule has 0 aliphatic rings. The van der Waals surface area contributed by atoms with E-state index in [0.717, 1.165) is 5.56 Å². The fraction of sp³-hybridized carbons (Fsp3) is 0.421. The second kappa shape index (κ2) is 12.4. The molecule has 0 spiro atoms. The van der Waals surface area contributed by atoms with Gasteiger partial charge in [0.05, 0.1) is 11.2 Å². The van der Waals surface area contributed by atoms with Gasteiger partial charge in [-0.25, -0.2) is 4.99 Å². The first-order valence-electron chi connectivity index (χ1n) is 9.23.